The second kappa shape index (κ2) is 6.52. The molecule has 3 aromatic rings. The molecule has 0 aliphatic rings. The first-order valence-corrected chi connectivity index (χ1v) is 7.57. The number of aryl methyl sites for hydroxylation is 1. The molecular weight excluding hydrogens is 290 g/mol. The van der Waals surface area contributed by atoms with Crippen molar-refractivity contribution in [1.29, 1.82) is 0 Å². The maximum atomic E-state index is 12.0. The second-order valence-corrected chi connectivity index (χ2v) is 5.59. The number of carbonyl (C=O) groups is 1. The average Bonchev–Trinajstić information content (AvgIpc) is 2.96. The smallest absolute Gasteiger partial charge is 0.315 e. The number of carbonyl (C=O) groups excluding carboxylic acids is 1. The number of hydrogen-bond donors (Lipinski definition) is 2. The Morgan fingerprint density at radius 3 is 2.78 bits per heavy atom. The Morgan fingerprint density at radius 1 is 1.22 bits per heavy atom. The Bertz CT molecular complexity index is 812. The van der Waals surface area contributed by atoms with Crippen molar-refractivity contribution in [2.24, 2.45) is 0 Å². The molecule has 0 saturated carbocycles. The maximum absolute atomic E-state index is 12.0. The van der Waals surface area contributed by atoms with Crippen LogP contribution in [0.2, 0.25) is 0 Å². The molecule has 0 aliphatic carbocycles. The number of benzene rings is 2. The molecule has 3 rings (SSSR count). The van der Waals surface area contributed by atoms with Crippen molar-refractivity contribution in [1.82, 2.24) is 15.8 Å². The molecule has 2 N–H and O–H groups in total. The number of fused-ring (bicyclic) bond motifs is 1. The third-order valence-electron chi connectivity index (χ3n) is 3.76. The summed E-state index contributed by atoms with van der Waals surface area (Å²) in [7, 11) is 0. The van der Waals surface area contributed by atoms with Gasteiger partial charge in [0.15, 0.2) is 5.58 Å². The highest BCUT2D eigenvalue weighted by atomic mass is 16.5. The van der Waals surface area contributed by atoms with E-state index in [1.54, 1.807) is 0 Å². The zero-order chi connectivity index (χ0) is 16.2. The topological polar surface area (TPSA) is 67.2 Å². The van der Waals surface area contributed by atoms with Gasteiger partial charge in [-0.1, -0.05) is 47.1 Å². The van der Waals surface area contributed by atoms with E-state index in [4.69, 9.17) is 4.52 Å². The van der Waals surface area contributed by atoms with Crippen LogP contribution in [0.4, 0.5) is 4.79 Å². The molecule has 0 radical (unpaired) electrons. The molecule has 1 aromatic heterocycles. The molecule has 0 spiro atoms. The van der Waals surface area contributed by atoms with E-state index >= 15 is 0 Å². The van der Waals surface area contributed by atoms with Gasteiger partial charge >= 0.3 is 6.03 Å². The van der Waals surface area contributed by atoms with Crippen molar-refractivity contribution in [2.45, 2.75) is 26.4 Å². The number of hydrogen-bond acceptors (Lipinski definition) is 3. The summed E-state index contributed by atoms with van der Waals surface area (Å²) >= 11 is 0. The van der Waals surface area contributed by atoms with Crippen LogP contribution < -0.4 is 10.6 Å². The van der Waals surface area contributed by atoms with Crippen LogP contribution in [-0.4, -0.2) is 11.2 Å². The zero-order valence-electron chi connectivity index (χ0n) is 13.2. The highest BCUT2D eigenvalue weighted by Gasteiger charge is 2.12. The normalized spacial score (nSPS) is 12.1. The van der Waals surface area contributed by atoms with Gasteiger partial charge in [-0.25, -0.2) is 4.79 Å². The summed E-state index contributed by atoms with van der Waals surface area (Å²) in [5.41, 5.74) is 3.64. The fourth-order valence-electron chi connectivity index (χ4n) is 2.47. The van der Waals surface area contributed by atoms with E-state index in [0.717, 1.165) is 27.8 Å². The zero-order valence-corrected chi connectivity index (χ0v) is 13.2. The number of urea groups is 1. The molecule has 0 saturated heterocycles. The van der Waals surface area contributed by atoms with E-state index in [2.05, 4.69) is 15.8 Å². The van der Waals surface area contributed by atoms with Gasteiger partial charge < -0.3 is 15.2 Å². The van der Waals surface area contributed by atoms with Crippen LogP contribution in [0.25, 0.3) is 11.0 Å². The van der Waals surface area contributed by atoms with Gasteiger partial charge in [-0.15, -0.1) is 0 Å². The summed E-state index contributed by atoms with van der Waals surface area (Å²) in [6, 6.07) is 15.4. The first-order chi connectivity index (χ1) is 11.1. The number of amides is 2. The predicted molar refractivity (Wildman–Crippen MR) is 89.0 cm³/mol. The summed E-state index contributed by atoms with van der Waals surface area (Å²) in [6.07, 6.45) is 0. The molecule has 23 heavy (non-hydrogen) atoms. The lowest BCUT2D eigenvalue weighted by atomic mass is 10.1. The van der Waals surface area contributed by atoms with E-state index in [-0.39, 0.29) is 12.1 Å². The third kappa shape index (κ3) is 3.51. The van der Waals surface area contributed by atoms with Gasteiger partial charge in [-0.2, -0.15) is 0 Å². The fourth-order valence-corrected chi connectivity index (χ4v) is 2.47. The largest absolute Gasteiger partial charge is 0.356 e. The van der Waals surface area contributed by atoms with Gasteiger partial charge in [-0.3, -0.25) is 0 Å². The summed E-state index contributed by atoms with van der Waals surface area (Å²) in [6.45, 7) is 4.28. The van der Waals surface area contributed by atoms with Crippen LogP contribution in [0.15, 0.2) is 53.1 Å². The van der Waals surface area contributed by atoms with Crippen LogP contribution in [0.3, 0.4) is 0 Å². The van der Waals surface area contributed by atoms with Gasteiger partial charge in [0.05, 0.1) is 12.6 Å². The molecule has 1 heterocycles. The highest BCUT2D eigenvalue weighted by Crippen LogP contribution is 2.19. The van der Waals surface area contributed by atoms with Crippen molar-refractivity contribution in [3.8, 4) is 0 Å². The molecule has 2 aromatic carbocycles. The minimum Gasteiger partial charge on any atom is -0.356 e. The van der Waals surface area contributed by atoms with Crippen LogP contribution in [0, 0.1) is 6.92 Å². The SMILES string of the molecule is Cc1ccc2onc(CNC(=O)NC(C)c3ccccc3)c2c1. The standard InChI is InChI=1S/C18H19N3O2/c1-12-8-9-17-15(10-12)16(21-23-17)11-19-18(22)20-13(2)14-6-4-3-5-7-14/h3-10,13H,11H2,1-2H3,(H2,19,20,22). The Kier molecular flexibility index (Phi) is 4.28. The van der Waals surface area contributed by atoms with Crippen molar-refractivity contribution < 1.29 is 9.32 Å². The van der Waals surface area contributed by atoms with Crippen LogP contribution in [0.1, 0.15) is 29.8 Å². The lowest BCUT2D eigenvalue weighted by Crippen LogP contribution is -2.36. The van der Waals surface area contributed by atoms with E-state index in [9.17, 15) is 4.79 Å². The first-order valence-electron chi connectivity index (χ1n) is 7.57. The van der Waals surface area contributed by atoms with Crippen molar-refractivity contribution in [2.75, 3.05) is 0 Å². The number of aromatic nitrogens is 1. The van der Waals surface area contributed by atoms with Gasteiger partial charge in [0, 0.05) is 5.39 Å². The molecule has 0 aliphatic heterocycles. The van der Waals surface area contributed by atoms with Crippen molar-refractivity contribution in [3.63, 3.8) is 0 Å². The summed E-state index contributed by atoms with van der Waals surface area (Å²) in [5, 5.41) is 10.7. The molecule has 2 amide bonds. The highest BCUT2D eigenvalue weighted by molar-refractivity contribution is 5.81. The van der Waals surface area contributed by atoms with E-state index in [1.807, 2.05) is 62.4 Å². The molecule has 5 heteroatoms. The van der Waals surface area contributed by atoms with E-state index < -0.39 is 0 Å². The summed E-state index contributed by atoms with van der Waals surface area (Å²) < 4.78 is 5.27. The summed E-state index contributed by atoms with van der Waals surface area (Å²) in [5.74, 6) is 0. The molecule has 1 atom stereocenters. The first kappa shape index (κ1) is 15.1. The minimum absolute atomic E-state index is 0.0625. The Hall–Kier alpha value is -2.82. The maximum Gasteiger partial charge on any atom is 0.315 e. The third-order valence-corrected chi connectivity index (χ3v) is 3.76. The second-order valence-electron chi connectivity index (χ2n) is 5.59. The van der Waals surface area contributed by atoms with Gasteiger partial charge in [0.25, 0.3) is 0 Å². The van der Waals surface area contributed by atoms with Crippen molar-refractivity contribution >= 4 is 17.0 Å². The Balaban J connectivity index is 1.61. The lowest BCUT2D eigenvalue weighted by Gasteiger charge is -2.14. The Morgan fingerprint density at radius 2 is 2.00 bits per heavy atom. The minimum atomic E-state index is -0.231. The van der Waals surface area contributed by atoms with E-state index in [1.165, 1.54) is 0 Å². The van der Waals surface area contributed by atoms with Crippen LogP contribution in [0.5, 0.6) is 0 Å². The molecular formula is C18H19N3O2. The number of rotatable bonds is 4. The van der Waals surface area contributed by atoms with Crippen LogP contribution >= 0.6 is 0 Å². The quantitative estimate of drug-likeness (QED) is 0.772. The van der Waals surface area contributed by atoms with Crippen LogP contribution in [-0.2, 0) is 6.54 Å². The van der Waals surface area contributed by atoms with E-state index in [0.29, 0.717) is 6.54 Å². The van der Waals surface area contributed by atoms with Gasteiger partial charge in [0.2, 0.25) is 0 Å². The monoisotopic (exact) mass is 309 g/mol. The lowest BCUT2D eigenvalue weighted by molar-refractivity contribution is 0.237. The van der Waals surface area contributed by atoms with Crippen molar-refractivity contribution in [3.05, 3.63) is 65.4 Å². The molecule has 118 valence electrons. The molecule has 1 unspecified atom stereocenters. The Labute approximate surface area is 134 Å². The van der Waals surface area contributed by atoms with Gasteiger partial charge in [0.1, 0.15) is 5.69 Å². The number of nitrogens with one attached hydrogen (secondary N) is 2. The summed E-state index contributed by atoms with van der Waals surface area (Å²) in [4.78, 5) is 12.0. The predicted octanol–water partition coefficient (Wildman–Crippen LogP) is 3.70. The average molecular weight is 309 g/mol. The van der Waals surface area contributed by atoms with Gasteiger partial charge in [-0.05, 0) is 31.5 Å². The molecule has 5 nitrogen and oxygen atoms in total. The molecule has 0 bridgehead atoms. The number of nitrogens with zero attached hydrogens (tertiary/aromatic N) is 1. The fraction of sp³-hybridized carbons (Fsp3) is 0.222. The molecule has 0 fully saturated rings.